The molecule has 1 heterocycles. The first kappa shape index (κ1) is 11.9. The minimum absolute atomic E-state index is 0.465. The highest BCUT2D eigenvalue weighted by molar-refractivity contribution is 5.80. The molecule has 17 heavy (non-hydrogen) atoms. The maximum Gasteiger partial charge on any atom is 0.324 e. The van der Waals surface area contributed by atoms with Gasteiger partial charge in [0.15, 0.2) is 0 Å². The number of hydrogen-bond acceptors (Lipinski definition) is 3. The fourth-order valence-electron chi connectivity index (χ4n) is 2.39. The monoisotopic (exact) mass is 235 g/mol. The lowest BCUT2D eigenvalue weighted by Gasteiger charge is -2.25. The molecule has 1 aromatic rings. The summed E-state index contributed by atoms with van der Waals surface area (Å²) in [6.07, 6.45) is 2.04. The van der Waals surface area contributed by atoms with Gasteiger partial charge in [-0.25, -0.2) is 0 Å². The number of carboxylic acid groups (broad SMARTS) is 1. The summed E-state index contributed by atoms with van der Waals surface area (Å²) < 4.78 is 5.26. The van der Waals surface area contributed by atoms with E-state index in [0.29, 0.717) is 12.8 Å². The molecule has 0 aromatic heterocycles. The number of methoxy groups -OCH3 is 1. The first-order chi connectivity index (χ1) is 8.18. The van der Waals surface area contributed by atoms with Crippen molar-refractivity contribution in [2.24, 2.45) is 0 Å². The van der Waals surface area contributed by atoms with E-state index in [4.69, 9.17) is 4.74 Å². The fourth-order valence-corrected chi connectivity index (χ4v) is 2.39. The Bertz CT molecular complexity index is 411. The lowest BCUT2D eigenvalue weighted by Crippen LogP contribution is -2.49. The van der Waals surface area contributed by atoms with E-state index in [2.05, 4.69) is 5.32 Å². The number of nitrogens with one attached hydrogen (secondary N) is 1. The molecular weight excluding hydrogens is 218 g/mol. The summed E-state index contributed by atoms with van der Waals surface area (Å²) in [5.74, 6) is -0.0252. The van der Waals surface area contributed by atoms with Crippen LogP contribution < -0.4 is 10.1 Å². The molecule has 0 spiro atoms. The van der Waals surface area contributed by atoms with Crippen molar-refractivity contribution in [3.63, 3.8) is 0 Å². The van der Waals surface area contributed by atoms with Crippen LogP contribution in [-0.2, 0) is 11.2 Å². The van der Waals surface area contributed by atoms with Crippen LogP contribution in [0.15, 0.2) is 24.3 Å². The van der Waals surface area contributed by atoms with Crippen molar-refractivity contribution in [3.8, 4) is 5.75 Å². The van der Waals surface area contributed by atoms with E-state index in [1.165, 1.54) is 0 Å². The number of hydrogen-bond donors (Lipinski definition) is 2. The van der Waals surface area contributed by atoms with Crippen molar-refractivity contribution in [3.05, 3.63) is 29.8 Å². The average Bonchev–Trinajstić information content (AvgIpc) is 2.80. The minimum atomic E-state index is -0.825. The van der Waals surface area contributed by atoms with Gasteiger partial charge in [-0.2, -0.15) is 0 Å². The van der Waals surface area contributed by atoms with E-state index < -0.39 is 11.5 Å². The van der Waals surface area contributed by atoms with E-state index in [9.17, 15) is 9.90 Å². The summed E-state index contributed by atoms with van der Waals surface area (Å²) in [6, 6.07) is 7.57. The van der Waals surface area contributed by atoms with E-state index in [0.717, 1.165) is 24.3 Å². The summed E-state index contributed by atoms with van der Waals surface area (Å²) in [5.41, 5.74) is 0.112. The molecule has 1 saturated heterocycles. The maximum absolute atomic E-state index is 11.4. The van der Waals surface area contributed by atoms with Gasteiger partial charge in [-0.15, -0.1) is 0 Å². The first-order valence-corrected chi connectivity index (χ1v) is 5.78. The Hall–Kier alpha value is -1.55. The quantitative estimate of drug-likeness (QED) is 0.829. The molecular formula is C13H17NO3. The highest BCUT2D eigenvalue weighted by atomic mass is 16.5. The normalized spacial score (nSPS) is 23.6. The van der Waals surface area contributed by atoms with Crippen molar-refractivity contribution in [2.45, 2.75) is 24.8 Å². The first-order valence-electron chi connectivity index (χ1n) is 5.78. The molecule has 1 unspecified atom stereocenters. The van der Waals surface area contributed by atoms with Crippen LogP contribution in [0.1, 0.15) is 18.4 Å². The van der Waals surface area contributed by atoms with E-state index in [-0.39, 0.29) is 0 Å². The van der Waals surface area contributed by atoms with Gasteiger partial charge in [0.25, 0.3) is 0 Å². The Kier molecular flexibility index (Phi) is 3.33. The zero-order valence-electron chi connectivity index (χ0n) is 9.90. The van der Waals surface area contributed by atoms with Crippen molar-refractivity contribution < 1.29 is 14.6 Å². The van der Waals surface area contributed by atoms with Gasteiger partial charge in [0.2, 0.25) is 0 Å². The van der Waals surface area contributed by atoms with Gasteiger partial charge in [0.05, 0.1) is 7.11 Å². The van der Waals surface area contributed by atoms with Crippen LogP contribution in [0.3, 0.4) is 0 Å². The lowest BCUT2D eigenvalue weighted by molar-refractivity contribution is -0.144. The number of benzene rings is 1. The zero-order chi connectivity index (χ0) is 12.3. The van der Waals surface area contributed by atoms with Crippen molar-refractivity contribution in [1.29, 1.82) is 0 Å². The molecule has 4 nitrogen and oxygen atoms in total. The summed E-state index contributed by atoms with van der Waals surface area (Å²) in [4.78, 5) is 11.4. The fraction of sp³-hybridized carbons (Fsp3) is 0.462. The molecule has 0 bridgehead atoms. The second-order valence-corrected chi connectivity index (χ2v) is 4.41. The van der Waals surface area contributed by atoms with Gasteiger partial charge in [-0.1, -0.05) is 18.2 Å². The topological polar surface area (TPSA) is 58.6 Å². The molecule has 0 amide bonds. The molecule has 2 N–H and O–H groups in total. The predicted molar refractivity (Wildman–Crippen MR) is 64.3 cm³/mol. The summed E-state index contributed by atoms with van der Waals surface area (Å²) in [6.45, 7) is 0.765. The maximum atomic E-state index is 11.4. The number of carbonyl (C=O) groups is 1. The van der Waals surface area contributed by atoms with Gasteiger partial charge in [-0.05, 0) is 31.0 Å². The van der Waals surface area contributed by atoms with Crippen LogP contribution in [0, 0.1) is 0 Å². The van der Waals surface area contributed by atoms with Gasteiger partial charge < -0.3 is 15.2 Å². The smallest absolute Gasteiger partial charge is 0.324 e. The van der Waals surface area contributed by atoms with Crippen molar-refractivity contribution >= 4 is 5.97 Å². The van der Waals surface area contributed by atoms with Crippen LogP contribution in [-0.4, -0.2) is 30.3 Å². The standard InChI is InChI=1S/C13H17NO3/c1-17-11-6-3-2-5-10(11)9-13(12(15)16)7-4-8-14-13/h2-3,5-6,14H,4,7-9H2,1H3,(H,15,16). The number of rotatable bonds is 4. The van der Waals surface area contributed by atoms with Crippen molar-refractivity contribution in [2.75, 3.05) is 13.7 Å². The van der Waals surface area contributed by atoms with E-state index >= 15 is 0 Å². The summed E-state index contributed by atoms with van der Waals surface area (Å²) in [5, 5.41) is 12.5. The SMILES string of the molecule is COc1ccccc1CC1(C(=O)O)CCCN1. The third kappa shape index (κ3) is 2.26. The van der Waals surface area contributed by atoms with E-state index in [1.54, 1.807) is 7.11 Å². The van der Waals surface area contributed by atoms with Gasteiger partial charge in [0, 0.05) is 6.42 Å². The molecule has 0 saturated carbocycles. The van der Waals surface area contributed by atoms with Crippen LogP contribution in [0.25, 0.3) is 0 Å². The number of carboxylic acids is 1. The Morgan fingerprint density at radius 2 is 2.29 bits per heavy atom. The number of ether oxygens (including phenoxy) is 1. The zero-order valence-corrected chi connectivity index (χ0v) is 9.90. The average molecular weight is 235 g/mol. The molecule has 4 heteroatoms. The van der Waals surface area contributed by atoms with Crippen molar-refractivity contribution in [1.82, 2.24) is 5.32 Å². The molecule has 1 aromatic carbocycles. The minimum Gasteiger partial charge on any atom is -0.496 e. The predicted octanol–water partition coefficient (Wildman–Crippen LogP) is 1.44. The molecule has 1 aliphatic rings. The molecule has 0 radical (unpaired) electrons. The second-order valence-electron chi connectivity index (χ2n) is 4.41. The number of aliphatic carboxylic acids is 1. The van der Waals surface area contributed by atoms with Crippen LogP contribution in [0.4, 0.5) is 0 Å². The molecule has 1 atom stereocenters. The Morgan fingerprint density at radius 1 is 1.53 bits per heavy atom. The molecule has 1 fully saturated rings. The summed E-state index contributed by atoms with van der Waals surface area (Å²) >= 11 is 0. The molecule has 1 aliphatic heterocycles. The third-order valence-electron chi connectivity index (χ3n) is 3.34. The summed E-state index contributed by atoms with van der Waals surface area (Å²) in [7, 11) is 1.61. The third-order valence-corrected chi connectivity index (χ3v) is 3.34. The van der Waals surface area contributed by atoms with Gasteiger partial charge >= 0.3 is 5.97 Å². The van der Waals surface area contributed by atoms with Crippen LogP contribution in [0.5, 0.6) is 5.75 Å². The highest BCUT2D eigenvalue weighted by Gasteiger charge is 2.41. The lowest BCUT2D eigenvalue weighted by atomic mass is 9.89. The Labute approximate surface area is 101 Å². The van der Waals surface area contributed by atoms with Gasteiger partial charge in [0.1, 0.15) is 11.3 Å². The Balaban J connectivity index is 2.26. The van der Waals surface area contributed by atoms with E-state index in [1.807, 2.05) is 24.3 Å². The highest BCUT2D eigenvalue weighted by Crippen LogP contribution is 2.28. The molecule has 0 aliphatic carbocycles. The van der Waals surface area contributed by atoms with Crippen LogP contribution >= 0.6 is 0 Å². The van der Waals surface area contributed by atoms with Crippen LogP contribution in [0.2, 0.25) is 0 Å². The molecule has 92 valence electrons. The second kappa shape index (κ2) is 4.75. The number of para-hydroxylation sites is 1. The molecule has 2 rings (SSSR count). The van der Waals surface area contributed by atoms with Gasteiger partial charge in [-0.3, -0.25) is 4.79 Å². The Morgan fingerprint density at radius 3 is 2.88 bits per heavy atom. The largest absolute Gasteiger partial charge is 0.496 e.